The third kappa shape index (κ3) is 2.40. The van der Waals surface area contributed by atoms with Gasteiger partial charge in [-0.15, -0.1) is 0 Å². The van der Waals surface area contributed by atoms with Gasteiger partial charge in [-0.05, 0) is 5.56 Å². The van der Waals surface area contributed by atoms with Gasteiger partial charge in [0, 0.05) is 32.7 Å². The van der Waals surface area contributed by atoms with Crippen LogP contribution >= 0.6 is 0 Å². The first-order valence-corrected chi connectivity index (χ1v) is 6.59. The molecule has 1 aromatic carbocycles. The minimum Gasteiger partial charge on any atom is -0.335 e. The van der Waals surface area contributed by atoms with Crippen LogP contribution in [-0.4, -0.2) is 54.5 Å². The van der Waals surface area contributed by atoms with Crippen molar-refractivity contribution in [3.8, 4) is 0 Å². The standard InChI is InChI=1S/C14H19N3O/c18-14-9-15-8-13-11-16(6-7-17(13)14)10-12-4-2-1-3-5-12/h1-5,13,15H,6-11H2. The average Bonchev–Trinajstić information content (AvgIpc) is 2.40. The first-order valence-electron chi connectivity index (χ1n) is 6.59. The van der Waals surface area contributed by atoms with Gasteiger partial charge in [0.05, 0.1) is 12.6 Å². The summed E-state index contributed by atoms with van der Waals surface area (Å²) in [5, 5.41) is 3.20. The maximum atomic E-state index is 11.7. The molecule has 0 saturated carbocycles. The summed E-state index contributed by atoms with van der Waals surface area (Å²) in [6.07, 6.45) is 0. The van der Waals surface area contributed by atoms with Gasteiger partial charge in [0.2, 0.25) is 5.91 Å². The molecule has 4 nitrogen and oxygen atoms in total. The number of piperazine rings is 2. The topological polar surface area (TPSA) is 35.6 Å². The number of amides is 1. The minimum atomic E-state index is 0.255. The third-order valence-corrected chi connectivity index (χ3v) is 3.79. The van der Waals surface area contributed by atoms with Crippen LogP contribution in [0.1, 0.15) is 5.56 Å². The predicted molar refractivity (Wildman–Crippen MR) is 70.1 cm³/mol. The highest BCUT2D eigenvalue weighted by molar-refractivity contribution is 5.79. The molecule has 3 rings (SSSR count). The van der Waals surface area contributed by atoms with Gasteiger partial charge < -0.3 is 10.2 Å². The van der Waals surface area contributed by atoms with Gasteiger partial charge in [-0.3, -0.25) is 9.69 Å². The number of hydrogen-bond donors (Lipinski definition) is 1. The van der Waals surface area contributed by atoms with Crippen molar-refractivity contribution in [2.75, 3.05) is 32.7 Å². The van der Waals surface area contributed by atoms with Crippen LogP contribution in [0.15, 0.2) is 30.3 Å². The number of carbonyl (C=O) groups excluding carboxylic acids is 1. The lowest BCUT2D eigenvalue weighted by Gasteiger charge is -2.44. The van der Waals surface area contributed by atoms with Gasteiger partial charge in [0.15, 0.2) is 0 Å². The fraction of sp³-hybridized carbons (Fsp3) is 0.500. The van der Waals surface area contributed by atoms with Crippen LogP contribution in [0.2, 0.25) is 0 Å². The molecule has 1 amide bonds. The van der Waals surface area contributed by atoms with E-state index < -0.39 is 0 Å². The highest BCUT2D eigenvalue weighted by Crippen LogP contribution is 2.14. The molecule has 2 heterocycles. The number of nitrogens with zero attached hydrogens (tertiary/aromatic N) is 2. The zero-order valence-electron chi connectivity index (χ0n) is 10.5. The lowest BCUT2D eigenvalue weighted by atomic mass is 10.1. The van der Waals surface area contributed by atoms with Crippen LogP contribution in [0, 0.1) is 0 Å². The average molecular weight is 245 g/mol. The summed E-state index contributed by atoms with van der Waals surface area (Å²) in [5.74, 6) is 0.255. The molecule has 2 aliphatic rings. The first kappa shape index (κ1) is 11.7. The summed E-state index contributed by atoms with van der Waals surface area (Å²) < 4.78 is 0. The molecule has 0 radical (unpaired) electrons. The van der Waals surface area contributed by atoms with E-state index in [0.717, 1.165) is 32.7 Å². The van der Waals surface area contributed by atoms with Crippen molar-refractivity contribution in [3.63, 3.8) is 0 Å². The normalized spacial score (nSPS) is 25.0. The van der Waals surface area contributed by atoms with Crippen LogP contribution in [0.4, 0.5) is 0 Å². The molecular weight excluding hydrogens is 226 g/mol. The molecule has 1 unspecified atom stereocenters. The fourth-order valence-corrected chi connectivity index (χ4v) is 2.86. The maximum Gasteiger partial charge on any atom is 0.236 e. The second-order valence-electron chi connectivity index (χ2n) is 5.09. The molecule has 2 fully saturated rings. The van der Waals surface area contributed by atoms with Crippen molar-refractivity contribution in [2.45, 2.75) is 12.6 Å². The largest absolute Gasteiger partial charge is 0.335 e. The predicted octanol–water partition coefficient (Wildman–Crippen LogP) is 0.303. The van der Waals surface area contributed by atoms with Crippen LogP contribution in [0.5, 0.6) is 0 Å². The molecule has 96 valence electrons. The van der Waals surface area contributed by atoms with Crippen LogP contribution in [-0.2, 0) is 11.3 Å². The van der Waals surface area contributed by atoms with Gasteiger partial charge >= 0.3 is 0 Å². The zero-order valence-corrected chi connectivity index (χ0v) is 10.5. The van der Waals surface area contributed by atoms with E-state index in [4.69, 9.17) is 0 Å². The van der Waals surface area contributed by atoms with E-state index >= 15 is 0 Å². The van der Waals surface area contributed by atoms with Gasteiger partial charge in [0.25, 0.3) is 0 Å². The van der Waals surface area contributed by atoms with E-state index in [-0.39, 0.29) is 5.91 Å². The number of hydrogen-bond acceptors (Lipinski definition) is 3. The van der Waals surface area contributed by atoms with Crippen molar-refractivity contribution in [3.05, 3.63) is 35.9 Å². The van der Waals surface area contributed by atoms with Crippen LogP contribution in [0.25, 0.3) is 0 Å². The lowest BCUT2D eigenvalue weighted by molar-refractivity contribution is -0.137. The number of benzene rings is 1. The highest BCUT2D eigenvalue weighted by atomic mass is 16.2. The molecule has 2 saturated heterocycles. The molecule has 2 aliphatic heterocycles. The SMILES string of the molecule is O=C1CNCC2CN(Cc3ccccc3)CCN12. The number of rotatable bonds is 2. The Morgan fingerprint density at radius 1 is 1.22 bits per heavy atom. The van der Waals surface area contributed by atoms with Gasteiger partial charge in [-0.25, -0.2) is 0 Å². The number of fused-ring (bicyclic) bond motifs is 1. The smallest absolute Gasteiger partial charge is 0.236 e. The van der Waals surface area contributed by atoms with Crippen LogP contribution < -0.4 is 5.32 Å². The fourth-order valence-electron chi connectivity index (χ4n) is 2.86. The summed E-state index contributed by atoms with van der Waals surface area (Å²) in [4.78, 5) is 16.2. The Bertz CT molecular complexity index is 420. The van der Waals surface area contributed by atoms with E-state index in [1.165, 1.54) is 5.56 Å². The zero-order chi connectivity index (χ0) is 12.4. The molecule has 0 bridgehead atoms. The second-order valence-corrected chi connectivity index (χ2v) is 5.09. The minimum absolute atomic E-state index is 0.255. The maximum absolute atomic E-state index is 11.7. The summed E-state index contributed by atoms with van der Waals surface area (Å²) >= 11 is 0. The Hall–Kier alpha value is -1.39. The summed E-state index contributed by atoms with van der Waals surface area (Å²) in [6, 6.07) is 10.9. The van der Waals surface area contributed by atoms with Crippen molar-refractivity contribution >= 4 is 5.91 Å². The molecule has 1 atom stereocenters. The Labute approximate surface area is 108 Å². The molecule has 1 aromatic rings. The van der Waals surface area contributed by atoms with E-state index in [9.17, 15) is 4.79 Å². The summed E-state index contributed by atoms with van der Waals surface area (Å²) in [6.45, 7) is 5.26. The Morgan fingerprint density at radius 2 is 2.06 bits per heavy atom. The highest BCUT2D eigenvalue weighted by Gasteiger charge is 2.32. The van der Waals surface area contributed by atoms with Gasteiger partial charge in [0.1, 0.15) is 0 Å². The third-order valence-electron chi connectivity index (χ3n) is 3.79. The van der Waals surface area contributed by atoms with E-state index in [0.29, 0.717) is 12.6 Å². The lowest BCUT2D eigenvalue weighted by Crippen LogP contribution is -2.63. The van der Waals surface area contributed by atoms with Crippen molar-refractivity contribution in [2.24, 2.45) is 0 Å². The van der Waals surface area contributed by atoms with Crippen LogP contribution in [0.3, 0.4) is 0 Å². The first-order chi connectivity index (χ1) is 8.83. The monoisotopic (exact) mass is 245 g/mol. The molecule has 0 spiro atoms. The van der Waals surface area contributed by atoms with E-state index in [1.54, 1.807) is 0 Å². The Kier molecular flexibility index (Phi) is 3.30. The number of carbonyl (C=O) groups is 1. The summed E-state index contributed by atoms with van der Waals surface area (Å²) in [7, 11) is 0. The van der Waals surface area contributed by atoms with Crippen molar-refractivity contribution in [1.29, 1.82) is 0 Å². The second kappa shape index (κ2) is 5.08. The molecule has 0 aromatic heterocycles. The van der Waals surface area contributed by atoms with Gasteiger partial charge in [-0.1, -0.05) is 30.3 Å². The van der Waals surface area contributed by atoms with E-state index in [2.05, 4.69) is 34.5 Å². The Morgan fingerprint density at radius 3 is 2.89 bits per heavy atom. The molecule has 4 heteroatoms. The summed E-state index contributed by atoms with van der Waals surface area (Å²) in [5.41, 5.74) is 1.35. The molecular formula is C14H19N3O. The molecule has 0 aliphatic carbocycles. The van der Waals surface area contributed by atoms with Crippen molar-refractivity contribution < 1.29 is 4.79 Å². The van der Waals surface area contributed by atoms with E-state index in [1.807, 2.05) is 11.0 Å². The number of nitrogens with one attached hydrogen (secondary N) is 1. The molecule has 1 N–H and O–H groups in total. The van der Waals surface area contributed by atoms with Crippen molar-refractivity contribution in [1.82, 2.24) is 15.1 Å². The quantitative estimate of drug-likeness (QED) is 0.814. The molecule has 18 heavy (non-hydrogen) atoms. The Balaban J connectivity index is 1.62. The van der Waals surface area contributed by atoms with Gasteiger partial charge in [-0.2, -0.15) is 0 Å².